The number of nitrogens with one attached hydrogen (secondary N) is 1. The minimum absolute atomic E-state index is 0.0413. The van der Waals surface area contributed by atoms with E-state index in [1.54, 1.807) is 16.4 Å². The van der Waals surface area contributed by atoms with Gasteiger partial charge in [-0.05, 0) is 37.8 Å². The van der Waals surface area contributed by atoms with Crippen LogP contribution in [0.25, 0.3) is 0 Å². The fraction of sp³-hybridized carbons (Fsp3) is 0.562. The molecule has 2 aliphatic heterocycles. The maximum Gasteiger partial charge on any atom is 0.258 e. The van der Waals surface area contributed by atoms with Gasteiger partial charge in [0.2, 0.25) is 10.0 Å². The molecule has 0 saturated carbocycles. The van der Waals surface area contributed by atoms with Gasteiger partial charge in [-0.3, -0.25) is 4.79 Å². The van der Waals surface area contributed by atoms with E-state index < -0.39 is 15.8 Å². The summed E-state index contributed by atoms with van der Waals surface area (Å²) in [5, 5.41) is 2.87. The molecule has 2 heterocycles. The Kier molecular flexibility index (Phi) is 4.78. The topological polar surface area (TPSA) is 75.7 Å². The average molecular weight is 356 g/mol. The molecule has 1 aromatic carbocycles. The average Bonchev–Trinajstić information content (AvgIpc) is 2.79. The summed E-state index contributed by atoms with van der Waals surface area (Å²) in [5.41, 5.74) is 0. The molecule has 2 fully saturated rings. The summed E-state index contributed by atoms with van der Waals surface area (Å²) in [7, 11) is -3.21. The van der Waals surface area contributed by atoms with Crippen molar-refractivity contribution < 1.29 is 22.3 Å². The van der Waals surface area contributed by atoms with Crippen molar-refractivity contribution in [3.05, 3.63) is 30.1 Å². The van der Waals surface area contributed by atoms with Crippen molar-refractivity contribution in [2.75, 3.05) is 12.9 Å². The van der Waals surface area contributed by atoms with Gasteiger partial charge in [-0.15, -0.1) is 0 Å². The lowest BCUT2D eigenvalue weighted by molar-refractivity contribution is -0.124. The number of nitrogens with zero attached hydrogens (tertiary/aromatic N) is 1. The van der Waals surface area contributed by atoms with E-state index in [9.17, 15) is 17.6 Å². The SMILES string of the molecule is CS(=O)(=O)N1[C@H]2CC[C@H]1CC(NC(=O)COc1ccccc1F)C2. The molecule has 0 radical (unpaired) electrons. The standard InChI is InChI=1S/C16H21FN2O4S/c1-24(21,22)19-12-6-7-13(19)9-11(8-12)18-16(20)10-23-15-5-3-2-4-14(15)17/h2-5,11-13H,6-10H2,1H3,(H,18,20)/t12-,13-/m0/s1. The minimum atomic E-state index is -3.21. The summed E-state index contributed by atoms with van der Waals surface area (Å²) in [6.45, 7) is -0.261. The largest absolute Gasteiger partial charge is 0.481 e. The Morgan fingerprint density at radius 1 is 1.29 bits per heavy atom. The summed E-state index contributed by atoms with van der Waals surface area (Å²) in [5.74, 6) is -0.792. The molecule has 0 spiro atoms. The highest BCUT2D eigenvalue weighted by Gasteiger charge is 2.45. The third kappa shape index (κ3) is 3.70. The van der Waals surface area contributed by atoms with Gasteiger partial charge < -0.3 is 10.1 Å². The number of para-hydroxylation sites is 1. The van der Waals surface area contributed by atoms with Crippen LogP contribution < -0.4 is 10.1 Å². The zero-order chi connectivity index (χ0) is 17.3. The molecule has 1 aromatic rings. The van der Waals surface area contributed by atoms with Crippen LogP contribution in [0.15, 0.2) is 24.3 Å². The molecule has 2 bridgehead atoms. The smallest absolute Gasteiger partial charge is 0.258 e. The van der Waals surface area contributed by atoms with Gasteiger partial charge in [-0.2, -0.15) is 4.31 Å². The number of hydrogen-bond donors (Lipinski definition) is 1. The van der Waals surface area contributed by atoms with Crippen LogP contribution in [0, 0.1) is 5.82 Å². The van der Waals surface area contributed by atoms with Gasteiger partial charge in [0.1, 0.15) is 0 Å². The molecule has 2 aliphatic rings. The van der Waals surface area contributed by atoms with Crippen LogP contribution in [0.5, 0.6) is 5.75 Å². The number of amides is 1. The first kappa shape index (κ1) is 17.2. The lowest BCUT2D eigenvalue weighted by atomic mass is 10.00. The summed E-state index contributed by atoms with van der Waals surface area (Å²) < 4.78 is 43.9. The lowest BCUT2D eigenvalue weighted by Gasteiger charge is -2.37. The fourth-order valence-electron chi connectivity index (χ4n) is 3.77. The number of benzene rings is 1. The van der Waals surface area contributed by atoms with Crippen LogP contribution >= 0.6 is 0 Å². The molecule has 1 amide bonds. The monoisotopic (exact) mass is 356 g/mol. The van der Waals surface area contributed by atoms with Crippen LogP contribution in [-0.2, 0) is 14.8 Å². The highest BCUT2D eigenvalue weighted by Crippen LogP contribution is 2.37. The minimum Gasteiger partial charge on any atom is -0.481 e. The predicted octanol–water partition coefficient (Wildman–Crippen LogP) is 1.28. The molecule has 0 aliphatic carbocycles. The Hall–Kier alpha value is -1.67. The first-order chi connectivity index (χ1) is 11.3. The molecule has 24 heavy (non-hydrogen) atoms. The van der Waals surface area contributed by atoms with E-state index in [4.69, 9.17) is 4.74 Å². The van der Waals surface area contributed by atoms with Crippen molar-refractivity contribution in [2.45, 2.75) is 43.8 Å². The highest BCUT2D eigenvalue weighted by atomic mass is 32.2. The van der Waals surface area contributed by atoms with Crippen LogP contribution in [0.2, 0.25) is 0 Å². The lowest BCUT2D eigenvalue weighted by Crippen LogP contribution is -2.52. The number of hydrogen-bond acceptors (Lipinski definition) is 4. The Labute approximate surface area is 141 Å². The van der Waals surface area contributed by atoms with E-state index in [1.807, 2.05) is 0 Å². The second-order valence-corrected chi connectivity index (χ2v) is 8.32. The van der Waals surface area contributed by atoms with Crippen molar-refractivity contribution >= 4 is 15.9 Å². The first-order valence-electron chi connectivity index (χ1n) is 8.00. The molecule has 3 rings (SSSR count). The third-order valence-corrected chi connectivity index (χ3v) is 5.97. The molecular formula is C16H21FN2O4S. The van der Waals surface area contributed by atoms with Crippen LogP contribution in [0.4, 0.5) is 4.39 Å². The fourth-order valence-corrected chi connectivity index (χ4v) is 5.23. The number of piperidine rings is 1. The number of fused-ring (bicyclic) bond motifs is 2. The van der Waals surface area contributed by atoms with Gasteiger partial charge >= 0.3 is 0 Å². The van der Waals surface area contributed by atoms with Crippen molar-refractivity contribution in [1.29, 1.82) is 0 Å². The molecule has 2 saturated heterocycles. The zero-order valence-electron chi connectivity index (χ0n) is 13.4. The second-order valence-electron chi connectivity index (χ2n) is 6.43. The maximum atomic E-state index is 13.4. The van der Waals surface area contributed by atoms with Crippen LogP contribution in [-0.4, -0.2) is 49.6 Å². The van der Waals surface area contributed by atoms with Crippen molar-refractivity contribution in [2.24, 2.45) is 0 Å². The number of sulfonamides is 1. The summed E-state index contributed by atoms with van der Waals surface area (Å²) >= 11 is 0. The Morgan fingerprint density at radius 3 is 2.50 bits per heavy atom. The van der Waals surface area contributed by atoms with Crippen LogP contribution in [0.3, 0.4) is 0 Å². The zero-order valence-corrected chi connectivity index (χ0v) is 14.3. The quantitative estimate of drug-likeness (QED) is 0.862. The van der Waals surface area contributed by atoms with Crippen molar-refractivity contribution in [1.82, 2.24) is 9.62 Å². The van der Waals surface area contributed by atoms with Gasteiger partial charge in [0.25, 0.3) is 5.91 Å². The number of ether oxygens (including phenoxy) is 1. The molecule has 6 nitrogen and oxygen atoms in total. The third-order valence-electron chi connectivity index (χ3n) is 4.61. The number of halogens is 1. The van der Waals surface area contributed by atoms with E-state index in [-0.39, 0.29) is 36.4 Å². The van der Waals surface area contributed by atoms with E-state index in [1.165, 1.54) is 18.4 Å². The number of carbonyl (C=O) groups excluding carboxylic acids is 1. The number of carbonyl (C=O) groups is 1. The summed E-state index contributed by atoms with van der Waals surface area (Å²) in [6, 6.07) is 5.76. The molecule has 0 aromatic heterocycles. The predicted molar refractivity (Wildman–Crippen MR) is 86.6 cm³/mol. The van der Waals surface area contributed by atoms with Gasteiger partial charge in [0.05, 0.1) is 6.26 Å². The first-order valence-corrected chi connectivity index (χ1v) is 9.84. The Morgan fingerprint density at radius 2 is 1.92 bits per heavy atom. The van der Waals surface area contributed by atoms with E-state index in [0.717, 1.165) is 12.8 Å². The van der Waals surface area contributed by atoms with Gasteiger partial charge in [0, 0.05) is 18.1 Å². The Balaban J connectivity index is 1.53. The molecule has 2 atom stereocenters. The van der Waals surface area contributed by atoms with Gasteiger partial charge in [-0.25, -0.2) is 12.8 Å². The van der Waals surface area contributed by atoms with Gasteiger partial charge in [-0.1, -0.05) is 12.1 Å². The molecule has 0 unspecified atom stereocenters. The maximum absolute atomic E-state index is 13.4. The molecule has 132 valence electrons. The van der Waals surface area contributed by atoms with E-state index >= 15 is 0 Å². The van der Waals surface area contributed by atoms with E-state index in [0.29, 0.717) is 12.8 Å². The number of rotatable bonds is 5. The normalized spacial score (nSPS) is 27.0. The molecule has 8 heteroatoms. The highest BCUT2D eigenvalue weighted by molar-refractivity contribution is 7.88. The van der Waals surface area contributed by atoms with Crippen LogP contribution in [0.1, 0.15) is 25.7 Å². The van der Waals surface area contributed by atoms with Crippen molar-refractivity contribution in [3.63, 3.8) is 0 Å². The summed E-state index contributed by atoms with van der Waals surface area (Å²) in [4.78, 5) is 12.0. The second kappa shape index (κ2) is 6.68. The molecular weight excluding hydrogens is 335 g/mol. The summed E-state index contributed by atoms with van der Waals surface area (Å²) in [6.07, 6.45) is 4.11. The van der Waals surface area contributed by atoms with Gasteiger partial charge in [0.15, 0.2) is 18.2 Å². The molecule has 1 N–H and O–H groups in total. The Bertz CT molecular complexity index is 711. The van der Waals surface area contributed by atoms with Crippen molar-refractivity contribution in [3.8, 4) is 5.75 Å². The van der Waals surface area contributed by atoms with E-state index in [2.05, 4.69) is 5.32 Å².